The molecular weight excluding hydrogens is 332 g/mol. The zero-order valence-corrected chi connectivity index (χ0v) is 14.3. The van der Waals surface area contributed by atoms with Crippen LogP contribution in [-0.2, 0) is 7.05 Å². The van der Waals surface area contributed by atoms with Crippen LogP contribution >= 0.6 is 0 Å². The molecule has 0 amide bonds. The predicted octanol–water partition coefficient (Wildman–Crippen LogP) is 2.16. The largest absolute Gasteiger partial charge is 0.478 e. The number of hydrogen-bond donors (Lipinski definition) is 1. The van der Waals surface area contributed by atoms with Crippen molar-refractivity contribution in [3.05, 3.63) is 42.5 Å². The van der Waals surface area contributed by atoms with Crippen LogP contribution in [0.4, 0.5) is 11.8 Å². The highest BCUT2D eigenvalue weighted by Crippen LogP contribution is 2.31. The van der Waals surface area contributed by atoms with Crippen molar-refractivity contribution in [2.45, 2.75) is 12.8 Å². The van der Waals surface area contributed by atoms with Gasteiger partial charge in [0.15, 0.2) is 5.65 Å². The third-order valence-corrected chi connectivity index (χ3v) is 4.43. The smallest absolute Gasteiger partial charge is 0.228 e. The Labute approximate surface area is 148 Å². The summed E-state index contributed by atoms with van der Waals surface area (Å²) in [6.45, 7) is 2.67. The Hall–Kier alpha value is -3.49. The highest BCUT2D eigenvalue weighted by molar-refractivity contribution is 5.67. The lowest BCUT2D eigenvalue weighted by atomic mass is 10.1. The summed E-state index contributed by atoms with van der Waals surface area (Å²) in [5, 5.41) is 15.9. The van der Waals surface area contributed by atoms with Crippen molar-refractivity contribution in [3.63, 3.8) is 0 Å². The molecule has 0 aliphatic carbocycles. The van der Waals surface area contributed by atoms with E-state index in [1.54, 1.807) is 17.1 Å². The van der Waals surface area contributed by atoms with Gasteiger partial charge in [-0.05, 0) is 12.1 Å². The van der Waals surface area contributed by atoms with Crippen molar-refractivity contribution in [1.29, 1.82) is 0 Å². The molecule has 0 saturated heterocycles. The van der Waals surface area contributed by atoms with E-state index in [1.807, 2.05) is 35.7 Å². The summed E-state index contributed by atoms with van der Waals surface area (Å²) in [7, 11) is 1.85. The normalized spacial score (nSPS) is 15.8. The highest BCUT2D eigenvalue weighted by Gasteiger charge is 2.23. The zero-order chi connectivity index (χ0) is 17.7. The summed E-state index contributed by atoms with van der Waals surface area (Å²) in [4.78, 5) is 8.89. The molecule has 130 valence electrons. The third kappa shape index (κ3) is 2.28. The molecule has 4 aromatic heterocycles. The van der Waals surface area contributed by atoms with E-state index in [-0.39, 0.29) is 5.92 Å². The fourth-order valence-corrected chi connectivity index (χ4v) is 3.06. The van der Waals surface area contributed by atoms with Gasteiger partial charge in [-0.2, -0.15) is 5.10 Å². The third-order valence-electron chi connectivity index (χ3n) is 4.43. The van der Waals surface area contributed by atoms with Gasteiger partial charge in [-0.3, -0.25) is 4.68 Å². The summed E-state index contributed by atoms with van der Waals surface area (Å²) in [5.41, 5.74) is 2.42. The molecule has 5 heterocycles. The summed E-state index contributed by atoms with van der Waals surface area (Å²) < 4.78 is 9.55. The second kappa shape index (κ2) is 5.51. The molecule has 0 fully saturated rings. The molecule has 9 nitrogen and oxygen atoms in total. The fraction of sp³-hybridized carbons (Fsp3) is 0.235. The molecule has 0 spiro atoms. The Balaban J connectivity index is 1.56. The molecule has 4 aromatic rings. The molecule has 1 atom stereocenters. The Morgan fingerprint density at radius 2 is 2.12 bits per heavy atom. The quantitative estimate of drug-likeness (QED) is 0.606. The Bertz CT molecular complexity index is 1120. The van der Waals surface area contributed by atoms with Crippen LogP contribution < -0.4 is 10.1 Å². The van der Waals surface area contributed by atoms with Crippen molar-refractivity contribution in [2.75, 3.05) is 11.9 Å². The number of aryl methyl sites for hydroxylation is 1. The van der Waals surface area contributed by atoms with Crippen molar-refractivity contribution in [3.8, 4) is 17.1 Å². The van der Waals surface area contributed by atoms with E-state index in [9.17, 15) is 0 Å². The van der Waals surface area contributed by atoms with Crippen molar-refractivity contribution >= 4 is 17.4 Å². The molecule has 0 bridgehead atoms. The standard InChI is InChI=1S/C17H16N8O/c1-10-9-26-15-8-11(7-14-22-23-16(10)25(14)15)12-3-5-18-17(20-12)21-13-4-6-19-24(13)2/h3-8,10H,9H2,1-2H3,(H,18,20,21)/t10-/m0/s1. The predicted molar refractivity (Wildman–Crippen MR) is 94.4 cm³/mol. The first-order valence-electron chi connectivity index (χ1n) is 8.29. The number of aromatic nitrogens is 7. The molecular formula is C17H16N8O. The van der Waals surface area contributed by atoms with Gasteiger partial charge in [0.05, 0.1) is 24.4 Å². The Morgan fingerprint density at radius 3 is 2.96 bits per heavy atom. The van der Waals surface area contributed by atoms with Gasteiger partial charge >= 0.3 is 0 Å². The van der Waals surface area contributed by atoms with E-state index < -0.39 is 0 Å². The minimum Gasteiger partial charge on any atom is -0.478 e. The monoisotopic (exact) mass is 348 g/mol. The lowest BCUT2D eigenvalue weighted by Crippen LogP contribution is -2.18. The van der Waals surface area contributed by atoms with E-state index in [2.05, 4.69) is 37.5 Å². The van der Waals surface area contributed by atoms with Gasteiger partial charge in [-0.15, -0.1) is 10.2 Å². The van der Waals surface area contributed by atoms with Gasteiger partial charge in [0.1, 0.15) is 11.6 Å². The van der Waals surface area contributed by atoms with Gasteiger partial charge in [-0.25, -0.2) is 14.4 Å². The van der Waals surface area contributed by atoms with Crippen LogP contribution in [0.2, 0.25) is 0 Å². The van der Waals surface area contributed by atoms with Gasteiger partial charge < -0.3 is 10.1 Å². The van der Waals surface area contributed by atoms with Crippen molar-refractivity contribution in [2.24, 2.45) is 7.05 Å². The van der Waals surface area contributed by atoms with Gasteiger partial charge in [0, 0.05) is 30.9 Å². The average Bonchev–Trinajstić information content (AvgIpc) is 3.26. The van der Waals surface area contributed by atoms with Crippen molar-refractivity contribution in [1.82, 2.24) is 34.3 Å². The van der Waals surface area contributed by atoms with Gasteiger partial charge in [0.2, 0.25) is 11.8 Å². The average molecular weight is 348 g/mol. The highest BCUT2D eigenvalue weighted by atomic mass is 16.5. The molecule has 1 N–H and O–H groups in total. The topological polar surface area (TPSA) is 95.0 Å². The summed E-state index contributed by atoms with van der Waals surface area (Å²) in [6, 6.07) is 7.63. The summed E-state index contributed by atoms with van der Waals surface area (Å²) >= 11 is 0. The number of anilines is 2. The minimum absolute atomic E-state index is 0.220. The first-order valence-corrected chi connectivity index (χ1v) is 8.29. The summed E-state index contributed by atoms with van der Waals surface area (Å²) in [5.74, 6) is 3.19. The number of nitrogens with one attached hydrogen (secondary N) is 1. The van der Waals surface area contributed by atoms with Crippen LogP contribution in [0.25, 0.3) is 16.9 Å². The lowest BCUT2D eigenvalue weighted by Gasteiger charge is -2.20. The number of hydrogen-bond acceptors (Lipinski definition) is 7. The van der Waals surface area contributed by atoms with Crippen molar-refractivity contribution < 1.29 is 4.74 Å². The molecule has 0 aromatic carbocycles. The van der Waals surface area contributed by atoms with Crippen LogP contribution in [0.15, 0.2) is 36.7 Å². The van der Waals surface area contributed by atoms with Crippen LogP contribution in [0, 0.1) is 0 Å². The SMILES string of the molecule is C[C@H]1COc2cc(-c3ccnc(Nc4ccnn4C)n3)cc3nnc1n23. The van der Waals surface area contributed by atoms with E-state index in [0.29, 0.717) is 12.6 Å². The fourth-order valence-electron chi connectivity index (χ4n) is 3.06. The van der Waals surface area contributed by atoms with Gasteiger partial charge in [-0.1, -0.05) is 6.92 Å². The second-order valence-electron chi connectivity index (χ2n) is 6.28. The number of nitrogens with zero attached hydrogens (tertiary/aromatic N) is 7. The molecule has 0 radical (unpaired) electrons. The number of rotatable bonds is 3. The second-order valence-corrected chi connectivity index (χ2v) is 6.28. The molecule has 0 unspecified atom stereocenters. The van der Waals surface area contributed by atoms with Crippen LogP contribution in [-0.4, -0.2) is 41.0 Å². The number of ether oxygens (including phenoxy) is 1. The first-order chi connectivity index (χ1) is 12.7. The van der Waals surface area contributed by atoms with E-state index >= 15 is 0 Å². The maximum atomic E-state index is 5.87. The number of pyridine rings is 1. The van der Waals surface area contributed by atoms with Crippen LogP contribution in [0.5, 0.6) is 5.88 Å². The molecule has 5 rings (SSSR count). The zero-order valence-electron chi connectivity index (χ0n) is 14.3. The minimum atomic E-state index is 0.220. The molecule has 1 aliphatic heterocycles. The van der Waals surface area contributed by atoms with E-state index in [0.717, 1.165) is 34.4 Å². The van der Waals surface area contributed by atoms with Gasteiger partial charge in [0.25, 0.3) is 0 Å². The molecule has 1 aliphatic rings. The molecule has 9 heteroatoms. The summed E-state index contributed by atoms with van der Waals surface area (Å²) in [6.07, 6.45) is 3.43. The maximum absolute atomic E-state index is 5.87. The first kappa shape index (κ1) is 14.8. The molecule has 26 heavy (non-hydrogen) atoms. The van der Waals surface area contributed by atoms with Crippen LogP contribution in [0.1, 0.15) is 18.7 Å². The Morgan fingerprint density at radius 1 is 1.19 bits per heavy atom. The van der Waals surface area contributed by atoms with Crippen LogP contribution in [0.3, 0.4) is 0 Å². The van der Waals surface area contributed by atoms with E-state index in [1.165, 1.54) is 0 Å². The van der Waals surface area contributed by atoms with E-state index in [4.69, 9.17) is 4.74 Å². The molecule has 0 saturated carbocycles. The lowest BCUT2D eigenvalue weighted by molar-refractivity contribution is 0.254. The maximum Gasteiger partial charge on any atom is 0.228 e. The Kier molecular flexibility index (Phi) is 3.14.